The predicted octanol–water partition coefficient (Wildman–Crippen LogP) is 1.77. The van der Waals surface area contributed by atoms with E-state index in [0.29, 0.717) is 17.4 Å². The highest BCUT2D eigenvalue weighted by atomic mass is 16.6. The summed E-state index contributed by atoms with van der Waals surface area (Å²) in [5.41, 5.74) is 1.53. The number of non-ortho nitro benzene ring substituents is 1. The van der Waals surface area contributed by atoms with Gasteiger partial charge in [-0.25, -0.2) is 9.97 Å². The maximum Gasteiger partial charge on any atom is 0.270 e. The predicted molar refractivity (Wildman–Crippen MR) is 99.2 cm³/mol. The van der Waals surface area contributed by atoms with Crippen LogP contribution in [0.4, 0.5) is 11.5 Å². The molecule has 3 fully saturated rings. The molecule has 8 heteroatoms. The zero-order valence-electron chi connectivity index (χ0n) is 14.8. The molecule has 1 aromatic carbocycles. The molecule has 0 spiro atoms. The fourth-order valence-corrected chi connectivity index (χ4v) is 3.69. The van der Waals surface area contributed by atoms with Gasteiger partial charge in [0.25, 0.3) is 5.69 Å². The Labute approximate surface area is 152 Å². The van der Waals surface area contributed by atoms with Crippen molar-refractivity contribution < 1.29 is 4.92 Å². The number of anilines is 1. The summed E-state index contributed by atoms with van der Waals surface area (Å²) >= 11 is 0. The molecule has 3 aliphatic heterocycles. The molecule has 5 rings (SSSR count). The van der Waals surface area contributed by atoms with Crippen LogP contribution in [-0.2, 0) is 0 Å². The standard InChI is InChI=1S/C18H22N6O2/c1-13-9-17(19-11-16-12-22-5-7-23(16)8-6-22)21-18(20-13)14-3-2-4-15(10-14)24(25)26/h2-4,9-10,16H,5-8,11-12H2,1H3,(H,19,20,21). The Morgan fingerprint density at radius 2 is 2.04 bits per heavy atom. The van der Waals surface area contributed by atoms with E-state index in [1.54, 1.807) is 12.1 Å². The lowest BCUT2D eigenvalue weighted by molar-refractivity contribution is -0.384. The minimum Gasteiger partial charge on any atom is -0.368 e. The number of benzene rings is 1. The summed E-state index contributed by atoms with van der Waals surface area (Å²) in [5.74, 6) is 1.27. The van der Waals surface area contributed by atoms with Crippen LogP contribution in [0.15, 0.2) is 30.3 Å². The summed E-state index contributed by atoms with van der Waals surface area (Å²) in [6, 6.07) is 8.85. The Morgan fingerprint density at radius 3 is 2.73 bits per heavy atom. The molecule has 2 bridgehead atoms. The van der Waals surface area contributed by atoms with Gasteiger partial charge in [-0.1, -0.05) is 12.1 Å². The molecule has 0 saturated carbocycles. The Balaban J connectivity index is 1.51. The second-order valence-corrected chi connectivity index (χ2v) is 6.90. The van der Waals surface area contributed by atoms with Crippen molar-refractivity contribution in [2.75, 3.05) is 44.6 Å². The number of aromatic nitrogens is 2. The van der Waals surface area contributed by atoms with Crippen molar-refractivity contribution in [1.29, 1.82) is 0 Å². The molecular formula is C18H22N6O2. The van der Waals surface area contributed by atoms with Gasteiger partial charge < -0.3 is 5.32 Å². The summed E-state index contributed by atoms with van der Waals surface area (Å²) < 4.78 is 0. The molecule has 1 aromatic heterocycles. The molecular weight excluding hydrogens is 332 g/mol. The minimum absolute atomic E-state index is 0.0437. The molecule has 0 aliphatic carbocycles. The van der Waals surface area contributed by atoms with Gasteiger partial charge in [-0.15, -0.1) is 0 Å². The Kier molecular flexibility index (Phi) is 4.52. The van der Waals surface area contributed by atoms with Gasteiger partial charge in [0.15, 0.2) is 5.82 Å². The summed E-state index contributed by atoms with van der Waals surface area (Å²) in [6.45, 7) is 8.43. The summed E-state index contributed by atoms with van der Waals surface area (Å²) in [4.78, 5) is 24.7. The zero-order valence-corrected chi connectivity index (χ0v) is 14.8. The molecule has 1 N–H and O–H groups in total. The first-order valence-corrected chi connectivity index (χ1v) is 8.89. The minimum atomic E-state index is -0.402. The Morgan fingerprint density at radius 1 is 1.23 bits per heavy atom. The number of hydrogen-bond donors (Lipinski definition) is 1. The van der Waals surface area contributed by atoms with E-state index in [1.165, 1.54) is 25.2 Å². The number of aryl methyl sites for hydroxylation is 1. The van der Waals surface area contributed by atoms with Gasteiger partial charge in [0, 0.05) is 74.8 Å². The van der Waals surface area contributed by atoms with Crippen LogP contribution in [0.25, 0.3) is 11.4 Å². The van der Waals surface area contributed by atoms with Gasteiger partial charge in [0.05, 0.1) is 4.92 Å². The largest absolute Gasteiger partial charge is 0.368 e. The van der Waals surface area contributed by atoms with E-state index in [-0.39, 0.29) is 5.69 Å². The Bertz CT molecular complexity index is 819. The molecule has 8 nitrogen and oxygen atoms in total. The van der Waals surface area contributed by atoms with Gasteiger partial charge in [0.2, 0.25) is 0 Å². The number of hydrogen-bond acceptors (Lipinski definition) is 7. The number of nitrogens with one attached hydrogen (secondary N) is 1. The van der Waals surface area contributed by atoms with E-state index < -0.39 is 4.92 Å². The van der Waals surface area contributed by atoms with E-state index >= 15 is 0 Å². The van der Waals surface area contributed by atoms with Gasteiger partial charge >= 0.3 is 0 Å². The molecule has 26 heavy (non-hydrogen) atoms. The summed E-state index contributed by atoms with van der Waals surface area (Å²) in [5, 5.41) is 14.4. The number of piperazine rings is 3. The summed E-state index contributed by atoms with van der Waals surface area (Å²) in [7, 11) is 0. The van der Waals surface area contributed by atoms with Crippen LogP contribution in [-0.4, -0.2) is 70.0 Å². The molecule has 1 unspecified atom stereocenters. The van der Waals surface area contributed by atoms with Gasteiger partial charge in [-0.05, 0) is 6.92 Å². The van der Waals surface area contributed by atoms with Crippen LogP contribution in [0.2, 0.25) is 0 Å². The summed E-state index contributed by atoms with van der Waals surface area (Å²) in [6.07, 6.45) is 0. The van der Waals surface area contributed by atoms with Gasteiger partial charge in [0.1, 0.15) is 5.82 Å². The fraction of sp³-hybridized carbons (Fsp3) is 0.444. The highest BCUT2D eigenvalue weighted by molar-refractivity contribution is 5.61. The van der Waals surface area contributed by atoms with Crippen LogP contribution in [0, 0.1) is 17.0 Å². The van der Waals surface area contributed by atoms with Crippen molar-refractivity contribution >= 4 is 11.5 Å². The third kappa shape index (κ3) is 3.51. The van der Waals surface area contributed by atoms with E-state index in [9.17, 15) is 10.1 Å². The number of fused-ring (bicyclic) bond motifs is 3. The maximum atomic E-state index is 11.0. The van der Waals surface area contributed by atoms with Crippen LogP contribution >= 0.6 is 0 Å². The highest BCUT2D eigenvalue weighted by Gasteiger charge is 2.31. The average molecular weight is 354 g/mol. The number of rotatable bonds is 5. The smallest absolute Gasteiger partial charge is 0.270 e. The first-order valence-electron chi connectivity index (χ1n) is 8.89. The second-order valence-electron chi connectivity index (χ2n) is 6.90. The zero-order chi connectivity index (χ0) is 18.1. The van der Waals surface area contributed by atoms with Crippen LogP contribution in [0.5, 0.6) is 0 Å². The highest BCUT2D eigenvalue weighted by Crippen LogP contribution is 2.23. The van der Waals surface area contributed by atoms with Crippen LogP contribution in [0.3, 0.4) is 0 Å². The molecule has 136 valence electrons. The van der Waals surface area contributed by atoms with Gasteiger partial charge in [-0.3, -0.25) is 19.9 Å². The second kappa shape index (κ2) is 6.97. The third-order valence-corrected chi connectivity index (χ3v) is 5.08. The lowest BCUT2D eigenvalue weighted by Crippen LogP contribution is -2.62. The van der Waals surface area contributed by atoms with Crippen molar-refractivity contribution in [2.45, 2.75) is 13.0 Å². The fourth-order valence-electron chi connectivity index (χ4n) is 3.69. The lowest BCUT2D eigenvalue weighted by atomic mass is 10.1. The lowest BCUT2D eigenvalue weighted by Gasteiger charge is -2.47. The average Bonchev–Trinajstić information content (AvgIpc) is 2.67. The van der Waals surface area contributed by atoms with Crippen LogP contribution < -0.4 is 5.32 Å². The van der Waals surface area contributed by atoms with Gasteiger partial charge in [-0.2, -0.15) is 0 Å². The van der Waals surface area contributed by atoms with Crippen molar-refractivity contribution in [3.8, 4) is 11.4 Å². The van der Waals surface area contributed by atoms with E-state index in [2.05, 4.69) is 25.1 Å². The maximum absolute atomic E-state index is 11.0. The number of nitro groups is 1. The molecule has 1 atom stereocenters. The first kappa shape index (κ1) is 16.9. The third-order valence-electron chi connectivity index (χ3n) is 5.08. The molecule has 2 aromatic rings. The van der Waals surface area contributed by atoms with Crippen LogP contribution in [0.1, 0.15) is 5.69 Å². The molecule has 0 amide bonds. The van der Waals surface area contributed by atoms with E-state index in [0.717, 1.165) is 37.7 Å². The molecule has 3 aliphatic rings. The normalized spacial score (nSPS) is 24.4. The molecule has 4 heterocycles. The quantitative estimate of drug-likeness (QED) is 0.647. The van der Waals surface area contributed by atoms with Crippen molar-refractivity contribution in [3.05, 3.63) is 46.1 Å². The van der Waals surface area contributed by atoms with Crippen molar-refractivity contribution in [1.82, 2.24) is 19.8 Å². The molecule has 0 radical (unpaired) electrons. The Hall–Kier alpha value is -2.58. The molecule has 3 saturated heterocycles. The monoisotopic (exact) mass is 354 g/mol. The first-order chi connectivity index (χ1) is 12.6. The topological polar surface area (TPSA) is 87.4 Å². The van der Waals surface area contributed by atoms with Crippen molar-refractivity contribution in [2.24, 2.45) is 0 Å². The number of nitro benzene ring substituents is 1. The number of nitrogens with zero attached hydrogens (tertiary/aromatic N) is 5. The van der Waals surface area contributed by atoms with E-state index in [4.69, 9.17) is 0 Å². The van der Waals surface area contributed by atoms with Crippen molar-refractivity contribution in [3.63, 3.8) is 0 Å². The SMILES string of the molecule is Cc1cc(NCC2CN3CCN2CC3)nc(-c2cccc([N+](=O)[O-])c2)n1. The van der Waals surface area contributed by atoms with E-state index in [1.807, 2.05) is 13.0 Å².